The van der Waals surface area contributed by atoms with Crippen LogP contribution in [0.1, 0.15) is 48.7 Å². The number of aliphatic hydroxyl groups excluding tert-OH is 1. The summed E-state index contributed by atoms with van der Waals surface area (Å²) in [5, 5.41) is 18.6. The molecule has 2 aromatic carbocycles. The van der Waals surface area contributed by atoms with Crippen LogP contribution >= 0.6 is 23.2 Å². The summed E-state index contributed by atoms with van der Waals surface area (Å²) in [6.45, 7) is 5.18. The number of hydrogen-bond acceptors (Lipinski definition) is 6. The fraction of sp³-hybridized carbons (Fsp3) is 0.240. The molecule has 4 rings (SSSR count). The van der Waals surface area contributed by atoms with Gasteiger partial charge in [-0.1, -0.05) is 47.5 Å². The van der Waals surface area contributed by atoms with Crippen molar-refractivity contribution in [3.8, 4) is 5.82 Å². The number of nitrogens with one attached hydrogen (secondary N) is 2. The monoisotopic (exact) mass is 567 g/mol. The van der Waals surface area contributed by atoms with Crippen molar-refractivity contribution in [2.75, 3.05) is 5.32 Å². The smallest absolute Gasteiger partial charge is 0.368 e. The lowest BCUT2D eigenvalue weighted by Crippen LogP contribution is -2.34. The molecule has 0 aliphatic heterocycles. The fourth-order valence-corrected chi connectivity index (χ4v) is 4.05. The van der Waals surface area contributed by atoms with Gasteiger partial charge in [0.25, 0.3) is 5.91 Å². The summed E-state index contributed by atoms with van der Waals surface area (Å²) in [7, 11) is 0. The van der Waals surface area contributed by atoms with E-state index in [0.29, 0.717) is 16.8 Å². The third kappa shape index (κ3) is 5.86. The summed E-state index contributed by atoms with van der Waals surface area (Å²) >= 11 is 12.8. The van der Waals surface area contributed by atoms with Crippen LogP contribution in [0.3, 0.4) is 0 Å². The van der Waals surface area contributed by atoms with E-state index in [1.54, 1.807) is 45.0 Å². The number of aliphatic hydroxyl groups is 1. The van der Waals surface area contributed by atoms with E-state index in [0.717, 1.165) is 4.68 Å². The molecule has 4 aromatic rings. The number of hydrogen-bond donors (Lipinski definition) is 3. The van der Waals surface area contributed by atoms with E-state index in [4.69, 9.17) is 28.0 Å². The van der Waals surface area contributed by atoms with Crippen LogP contribution in [0.2, 0.25) is 10.0 Å². The second-order valence-corrected chi connectivity index (χ2v) is 9.98. The van der Waals surface area contributed by atoms with Gasteiger partial charge in [0.2, 0.25) is 0 Å². The Balaban J connectivity index is 1.82. The number of pyridine rings is 1. The van der Waals surface area contributed by atoms with Crippen LogP contribution in [0.25, 0.3) is 16.6 Å². The standard InChI is InChI=1S/C25H22Cl2F3N5O3/c1-24(2,3)38-34-22(36)15-11-13-7-4-5-8-14(13)19(27)20(15)32-23(37)17-12-18(25(28,29)30)33-35(17)21-16(26)9-6-10-31-21/h4-12,23,32,37H,1-3H3,(H,34,36). The molecule has 38 heavy (non-hydrogen) atoms. The number of amides is 1. The van der Waals surface area contributed by atoms with Gasteiger partial charge in [-0.05, 0) is 50.4 Å². The normalized spacial score (nSPS) is 13.0. The molecule has 200 valence electrons. The number of halogens is 5. The number of benzene rings is 2. The number of carbonyl (C=O) groups excluding carboxylic acids is 1. The van der Waals surface area contributed by atoms with E-state index in [1.807, 2.05) is 0 Å². The molecule has 0 saturated heterocycles. The van der Waals surface area contributed by atoms with Crippen LogP contribution in [0.15, 0.2) is 54.7 Å². The fourth-order valence-electron chi connectivity index (χ4n) is 3.52. The lowest BCUT2D eigenvalue weighted by atomic mass is 10.0. The van der Waals surface area contributed by atoms with Crippen molar-refractivity contribution in [2.24, 2.45) is 0 Å². The molecule has 0 fully saturated rings. The van der Waals surface area contributed by atoms with Gasteiger partial charge in [-0.3, -0.25) is 9.63 Å². The Kier molecular flexibility index (Phi) is 7.57. The van der Waals surface area contributed by atoms with Crippen molar-refractivity contribution in [1.82, 2.24) is 20.2 Å². The predicted molar refractivity (Wildman–Crippen MR) is 137 cm³/mol. The average molecular weight is 568 g/mol. The molecule has 0 aliphatic carbocycles. The Morgan fingerprint density at radius 3 is 2.47 bits per heavy atom. The van der Waals surface area contributed by atoms with Crippen LogP contribution in [-0.4, -0.2) is 31.4 Å². The van der Waals surface area contributed by atoms with Crippen molar-refractivity contribution in [3.05, 3.63) is 81.7 Å². The molecule has 0 radical (unpaired) electrons. The van der Waals surface area contributed by atoms with Gasteiger partial charge in [-0.2, -0.15) is 18.3 Å². The zero-order valence-corrected chi connectivity index (χ0v) is 21.8. The minimum Gasteiger partial charge on any atom is -0.368 e. The van der Waals surface area contributed by atoms with Crippen molar-refractivity contribution < 1.29 is 27.9 Å². The van der Waals surface area contributed by atoms with Crippen molar-refractivity contribution >= 4 is 45.6 Å². The molecular formula is C25H22Cl2F3N5O3. The van der Waals surface area contributed by atoms with Gasteiger partial charge in [0.1, 0.15) is 0 Å². The molecule has 1 amide bonds. The molecule has 2 aromatic heterocycles. The second kappa shape index (κ2) is 10.4. The maximum absolute atomic E-state index is 13.6. The number of rotatable bonds is 6. The largest absolute Gasteiger partial charge is 0.435 e. The number of anilines is 1. The molecular weight excluding hydrogens is 546 g/mol. The van der Waals surface area contributed by atoms with Crippen LogP contribution in [0.4, 0.5) is 18.9 Å². The Bertz CT molecular complexity index is 1500. The predicted octanol–water partition coefficient (Wildman–Crippen LogP) is 6.31. The highest BCUT2D eigenvalue weighted by Gasteiger charge is 2.37. The van der Waals surface area contributed by atoms with Gasteiger partial charge in [-0.25, -0.2) is 15.1 Å². The zero-order valence-electron chi connectivity index (χ0n) is 20.3. The van der Waals surface area contributed by atoms with Gasteiger partial charge in [0, 0.05) is 11.6 Å². The van der Waals surface area contributed by atoms with E-state index in [1.165, 1.54) is 24.4 Å². The van der Waals surface area contributed by atoms with Gasteiger partial charge < -0.3 is 10.4 Å². The first kappa shape index (κ1) is 27.6. The number of hydroxylamine groups is 1. The summed E-state index contributed by atoms with van der Waals surface area (Å²) in [5.74, 6) is -0.832. The third-order valence-electron chi connectivity index (χ3n) is 5.21. The quantitative estimate of drug-likeness (QED) is 0.186. The Morgan fingerprint density at radius 1 is 1.11 bits per heavy atom. The summed E-state index contributed by atoms with van der Waals surface area (Å²) in [6, 6.07) is 12.0. The van der Waals surface area contributed by atoms with E-state index in [9.17, 15) is 23.1 Å². The van der Waals surface area contributed by atoms with Crippen molar-refractivity contribution in [1.29, 1.82) is 0 Å². The lowest BCUT2D eigenvalue weighted by molar-refractivity contribution is -0.141. The number of alkyl halides is 3. The summed E-state index contributed by atoms with van der Waals surface area (Å²) < 4.78 is 41.5. The first-order valence-corrected chi connectivity index (χ1v) is 11.9. The molecule has 0 saturated carbocycles. The van der Waals surface area contributed by atoms with Gasteiger partial charge in [-0.15, -0.1) is 0 Å². The molecule has 1 unspecified atom stereocenters. The molecule has 1 atom stereocenters. The van der Waals surface area contributed by atoms with E-state index < -0.39 is 29.6 Å². The third-order valence-corrected chi connectivity index (χ3v) is 5.90. The molecule has 0 aliphatic rings. The Hall–Kier alpha value is -3.38. The average Bonchev–Trinajstić information content (AvgIpc) is 3.30. The van der Waals surface area contributed by atoms with Gasteiger partial charge in [0.05, 0.1) is 32.6 Å². The number of nitrogens with zero attached hydrogens (tertiary/aromatic N) is 3. The molecule has 2 heterocycles. The van der Waals surface area contributed by atoms with Crippen LogP contribution in [0, 0.1) is 0 Å². The van der Waals surface area contributed by atoms with Crippen LogP contribution < -0.4 is 10.8 Å². The molecule has 3 N–H and O–H groups in total. The minimum atomic E-state index is -4.82. The van der Waals surface area contributed by atoms with Crippen LogP contribution in [-0.2, 0) is 11.0 Å². The highest BCUT2D eigenvalue weighted by molar-refractivity contribution is 6.39. The highest BCUT2D eigenvalue weighted by Crippen LogP contribution is 2.38. The maximum Gasteiger partial charge on any atom is 0.435 e. The Labute approximate surface area is 225 Å². The van der Waals surface area contributed by atoms with E-state index >= 15 is 0 Å². The maximum atomic E-state index is 13.6. The first-order valence-electron chi connectivity index (χ1n) is 11.2. The SMILES string of the molecule is CC(C)(C)ONC(=O)c1cc2ccccc2c(Cl)c1NC(O)c1cc(C(F)(F)F)nn1-c1ncccc1Cl. The molecule has 13 heteroatoms. The van der Waals surface area contributed by atoms with Crippen molar-refractivity contribution in [2.45, 2.75) is 38.8 Å². The van der Waals surface area contributed by atoms with Gasteiger partial charge >= 0.3 is 6.18 Å². The highest BCUT2D eigenvalue weighted by atomic mass is 35.5. The minimum absolute atomic E-state index is 0.000841. The number of carbonyl (C=O) groups is 1. The summed E-state index contributed by atoms with van der Waals surface area (Å²) in [5.41, 5.74) is -0.0644. The summed E-state index contributed by atoms with van der Waals surface area (Å²) in [6.07, 6.45) is -5.33. The lowest BCUT2D eigenvalue weighted by Gasteiger charge is -2.22. The number of fused-ring (bicyclic) bond motifs is 1. The molecule has 0 bridgehead atoms. The van der Waals surface area contributed by atoms with E-state index in [2.05, 4.69) is 20.9 Å². The number of aromatic nitrogens is 3. The summed E-state index contributed by atoms with van der Waals surface area (Å²) in [4.78, 5) is 22.5. The van der Waals surface area contributed by atoms with Crippen LogP contribution in [0.5, 0.6) is 0 Å². The second-order valence-electron chi connectivity index (χ2n) is 9.20. The molecule has 0 spiro atoms. The van der Waals surface area contributed by atoms with Gasteiger partial charge in [0.15, 0.2) is 17.7 Å². The molecule has 8 nitrogen and oxygen atoms in total. The topological polar surface area (TPSA) is 101 Å². The first-order chi connectivity index (χ1) is 17.8. The van der Waals surface area contributed by atoms with E-state index in [-0.39, 0.29) is 32.8 Å². The zero-order chi connectivity index (χ0) is 27.8. The van der Waals surface area contributed by atoms with Crippen molar-refractivity contribution in [3.63, 3.8) is 0 Å². The Morgan fingerprint density at radius 2 is 1.82 bits per heavy atom.